The van der Waals surface area contributed by atoms with Gasteiger partial charge in [-0.15, -0.1) is 0 Å². The van der Waals surface area contributed by atoms with Crippen LogP contribution in [-0.4, -0.2) is 37.9 Å². The Kier molecular flexibility index (Phi) is 4.33. The van der Waals surface area contributed by atoms with Crippen LogP contribution in [0.1, 0.15) is 34.1 Å². The van der Waals surface area contributed by atoms with Crippen LogP contribution in [0.4, 0.5) is 0 Å². The molecule has 0 bridgehead atoms. The number of ether oxygens (including phenoxy) is 2. The minimum atomic E-state index is -0.266. The fraction of sp³-hybridized carbons (Fsp3) is 0.917. The summed E-state index contributed by atoms with van der Waals surface area (Å²) < 4.78 is 10.6. The molecule has 1 saturated heterocycles. The quantitative estimate of drug-likeness (QED) is 0.723. The van der Waals surface area contributed by atoms with Gasteiger partial charge in [-0.1, -0.05) is 20.8 Å². The van der Waals surface area contributed by atoms with E-state index in [9.17, 15) is 4.79 Å². The van der Waals surface area contributed by atoms with Crippen molar-refractivity contribution in [2.24, 2.45) is 5.41 Å². The average Bonchev–Trinajstić information content (AvgIpc) is 2.09. The number of carbonyl (C=O) groups is 1. The Bertz CT molecular complexity index is 241. The molecule has 0 amide bonds. The van der Waals surface area contributed by atoms with E-state index in [1.807, 2.05) is 6.92 Å². The molecular weight excluding hydrogens is 206 g/mol. The lowest BCUT2D eigenvalue weighted by Gasteiger charge is -2.38. The third kappa shape index (κ3) is 4.94. The Morgan fingerprint density at radius 3 is 2.44 bits per heavy atom. The average molecular weight is 229 g/mol. The van der Waals surface area contributed by atoms with E-state index in [1.165, 1.54) is 0 Å². The summed E-state index contributed by atoms with van der Waals surface area (Å²) in [6.07, 6.45) is 0.873. The lowest BCUT2D eigenvalue weighted by atomic mass is 9.93. The van der Waals surface area contributed by atoms with Crippen LogP contribution in [0.15, 0.2) is 0 Å². The zero-order valence-corrected chi connectivity index (χ0v) is 10.8. The molecule has 0 atom stereocenters. The van der Waals surface area contributed by atoms with Crippen molar-refractivity contribution < 1.29 is 14.3 Å². The topological polar surface area (TPSA) is 47.6 Å². The van der Waals surface area contributed by atoms with E-state index in [0.717, 1.165) is 19.5 Å². The highest BCUT2D eigenvalue weighted by Gasteiger charge is 2.33. The summed E-state index contributed by atoms with van der Waals surface area (Å²) in [6, 6.07) is 0. The normalized spacial score (nSPS) is 19.0. The zero-order valence-electron chi connectivity index (χ0n) is 10.8. The van der Waals surface area contributed by atoms with Crippen LogP contribution >= 0.6 is 0 Å². The zero-order chi connectivity index (χ0) is 12.2. The summed E-state index contributed by atoms with van der Waals surface area (Å²) in [4.78, 5) is 11.3. The number of hydrogen-bond acceptors (Lipinski definition) is 4. The second-order valence-electron chi connectivity index (χ2n) is 5.87. The van der Waals surface area contributed by atoms with Crippen LogP contribution in [0.25, 0.3) is 0 Å². The maximum atomic E-state index is 11.3. The van der Waals surface area contributed by atoms with Crippen molar-refractivity contribution >= 4 is 5.97 Å². The molecule has 0 aliphatic carbocycles. The highest BCUT2D eigenvalue weighted by molar-refractivity contribution is 5.70. The maximum Gasteiger partial charge on any atom is 0.332 e. The number of rotatable bonds is 5. The lowest BCUT2D eigenvalue weighted by Crippen LogP contribution is -2.59. The SMILES string of the molecule is CC(C)(C)CCOC(=O)COC1(C)CNC1. The Morgan fingerprint density at radius 2 is 2.00 bits per heavy atom. The van der Waals surface area contributed by atoms with E-state index in [2.05, 4.69) is 26.1 Å². The van der Waals surface area contributed by atoms with E-state index in [-0.39, 0.29) is 23.6 Å². The van der Waals surface area contributed by atoms with Gasteiger partial charge in [-0.3, -0.25) is 0 Å². The molecule has 1 aliphatic rings. The molecule has 94 valence electrons. The highest BCUT2D eigenvalue weighted by Crippen LogP contribution is 2.18. The summed E-state index contributed by atoms with van der Waals surface area (Å²) in [5.74, 6) is -0.266. The standard InChI is InChI=1S/C12H23NO3/c1-11(2,3)5-6-15-10(14)7-16-12(4)8-13-9-12/h13H,5-9H2,1-4H3. The molecule has 1 aliphatic heterocycles. The van der Waals surface area contributed by atoms with Gasteiger partial charge in [0.15, 0.2) is 0 Å². The van der Waals surface area contributed by atoms with Gasteiger partial charge in [-0.2, -0.15) is 0 Å². The fourth-order valence-corrected chi connectivity index (χ4v) is 1.32. The number of esters is 1. The fourth-order valence-electron chi connectivity index (χ4n) is 1.32. The molecule has 0 saturated carbocycles. The van der Waals surface area contributed by atoms with Crippen molar-refractivity contribution in [3.8, 4) is 0 Å². The first-order chi connectivity index (χ1) is 7.31. The van der Waals surface area contributed by atoms with Crippen LogP contribution in [0.5, 0.6) is 0 Å². The summed E-state index contributed by atoms with van der Waals surface area (Å²) in [5.41, 5.74) is 0.0219. The molecule has 1 N–H and O–H groups in total. The summed E-state index contributed by atoms with van der Waals surface area (Å²) in [6.45, 7) is 10.5. The van der Waals surface area contributed by atoms with Gasteiger partial charge in [0.1, 0.15) is 6.61 Å². The minimum Gasteiger partial charge on any atom is -0.464 e. The van der Waals surface area contributed by atoms with Gasteiger partial charge in [0.25, 0.3) is 0 Å². The Morgan fingerprint density at radius 1 is 1.38 bits per heavy atom. The van der Waals surface area contributed by atoms with E-state index < -0.39 is 0 Å². The molecule has 0 aromatic heterocycles. The van der Waals surface area contributed by atoms with Gasteiger partial charge < -0.3 is 14.8 Å². The van der Waals surface area contributed by atoms with Crippen LogP contribution in [-0.2, 0) is 14.3 Å². The molecule has 0 radical (unpaired) electrons. The number of carbonyl (C=O) groups excluding carboxylic acids is 1. The summed E-state index contributed by atoms with van der Waals surface area (Å²) in [7, 11) is 0. The van der Waals surface area contributed by atoms with Crippen LogP contribution < -0.4 is 5.32 Å². The van der Waals surface area contributed by atoms with Gasteiger partial charge in [0.2, 0.25) is 0 Å². The van der Waals surface area contributed by atoms with Crippen molar-refractivity contribution in [2.75, 3.05) is 26.3 Å². The second kappa shape index (κ2) is 5.15. The van der Waals surface area contributed by atoms with Crippen molar-refractivity contribution in [1.82, 2.24) is 5.32 Å². The molecule has 1 rings (SSSR count). The smallest absolute Gasteiger partial charge is 0.332 e. The molecule has 16 heavy (non-hydrogen) atoms. The molecule has 4 nitrogen and oxygen atoms in total. The molecule has 1 heterocycles. The molecule has 0 aromatic rings. The van der Waals surface area contributed by atoms with Gasteiger partial charge in [-0.25, -0.2) is 4.79 Å². The first-order valence-corrected chi connectivity index (χ1v) is 5.81. The van der Waals surface area contributed by atoms with Crippen LogP contribution in [0.3, 0.4) is 0 Å². The Hall–Kier alpha value is -0.610. The first kappa shape index (κ1) is 13.5. The predicted molar refractivity (Wildman–Crippen MR) is 62.3 cm³/mol. The van der Waals surface area contributed by atoms with E-state index in [4.69, 9.17) is 9.47 Å². The van der Waals surface area contributed by atoms with Crippen molar-refractivity contribution in [1.29, 1.82) is 0 Å². The molecule has 4 heteroatoms. The van der Waals surface area contributed by atoms with E-state index >= 15 is 0 Å². The highest BCUT2D eigenvalue weighted by atomic mass is 16.6. The number of nitrogens with one attached hydrogen (secondary N) is 1. The van der Waals surface area contributed by atoms with Gasteiger partial charge in [-0.05, 0) is 18.8 Å². The van der Waals surface area contributed by atoms with E-state index in [1.54, 1.807) is 0 Å². The third-order valence-electron chi connectivity index (χ3n) is 2.65. The summed E-state index contributed by atoms with van der Waals surface area (Å²) >= 11 is 0. The van der Waals surface area contributed by atoms with Crippen molar-refractivity contribution in [3.05, 3.63) is 0 Å². The Balaban J connectivity index is 2.07. The molecule has 0 spiro atoms. The summed E-state index contributed by atoms with van der Waals surface area (Å²) in [5, 5.41) is 3.11. The first-order valence-electron chi connectivity index (χ1n) is 5.81. The van der Waals surface area contributed by atoms with Crippen LogP contribution in [0.2, 0.25) is 0 Å². The Labute approximate surface area is 97.7 Å². The monoisotopic (exact) mass is 229 g/mol. The molecule has 1 fully saturated rings. The van der Waals surface area contributed by atoms with Crippen LogP contribution in [0, 0.1) is 5.41 Å². The van der Waals surface area contributed by atoms with Crippen molar-refractivity contribution in [3.63, 3.8) is 0 Å². The maximum absolute atomic E-state index is 11.3. The molecular formula is C12H23NO3. The van der Waals surface area contributed by atoms with Crippen molar-refractivity contribution in [2.45, 2.75) is 39.7 Å². The largest absolute Gasteiger partial charge is 0.464 e. The van der Waals surface area contributed by atoms with Gasteiger partial charge in [0.05, 0.1) is 12.2 Å². The molecule has 0 unspecified atom stereocenters. The third-order valence-corrected chi connectivity index (χ3v) is 2.65. The molecule has 0 aromatic carbocycles. The predicted octanol–water partition coefficient (Wildman–Crippen LogP) is 1.34. The van der Waals surface area contributed by atoms with E-state index in [0.29, 0.717) is 6.61 Å². The second-order valence-corrected chi connectivity index (χ2v) is 5.87. The van der Waals surface area contributed by atoms with Gasteiger partial charge >= 0.3 is 5.97 Å². The minimum absolute atomic E-state index is 0.0579. The van der Waals surface area contributed by atoms with Gasteiger partial charge in [0, 0.05) is 13.1 Å². The lowest BCUT2D eigenvalue weighted by molar-refractivity contribution is -0.159. The number of hydrogen-bond donors (Lipinski definition) is 1.